The van der Waals surface area contributed by atoms with Crippen LogP contribution in [0.25, 0.3) is 0 Å². The molecule has 0 aliphatic heterocycles. The number of rotatable bonds is 4. The number of amides is 1. The molecule has 0 spiro atoms. The highest BCUT2D eigenvalue weighted by Crippen LogP contribution is 2.31. The maximum atomic E-state index is 11.9. The van der Waals surface area contributed by atoms with Crippen molar-refractivity contribution >= 4 is 5.91 Å². The Bertz CT molecular complexity index is 416. The Balaban J connectivity index is 1.95. The van der Waals surface area contributed by atoms with E-state index in [1.165, 1.54) is 0 Å². The second-order valence-electron chi connectivity index (χ2n) is 4.92. The molecular formula is C12H19N3O2. The van der Waals surface area contributed by atoms with Gasteiger partial charge in [0.25, 0.3) is 0 Å². The van der Waals surface area contributed by atoms with Crippen LogP contribution in [-0.2, 0) is 11.3 Å². The van der Waals surface area contributed by atoms with Crippen LogP contribution in [0.15, 0.2) is 6.07 Å². The summed E-state index contributed by atoms with van der Waals surface area (Å²) in [5.74, 6) is -0.0787. The minimum atomic E-state index is -0.368. The molecule has 2 N–H and O–H groups in total. The van der Waals surface area contributed by atoms with Gasteiger partial charge in [-0.05, 0) is 39.2 Å². The number of hydrogen-bond donors (Lipinski definition) is 2. The fraction of sp³-hybridized carbons (Fsp3) is 0.667. The molecule has 1 fully saturated rings. The van der Waals surface area contributed by atoms with E-state index in [2.05, 4.69) is 10.4 Å². The molecule has 0 saturated heterocycles. The quantitative estimate of drug-likeness (QED) is 0.802. The first-order chi connectivity index (χ1) is 8.04. The Morgan fingerprint density at radius 1 is 1.59 bits per heavy atom. The van der Waals surface area contributed by atoms with Crippen molar-refractivity contribution in [2.45, 2.75) is 45.2 Å². The number of carbonyl (C=O) groups excluding carboxylic acids is 1. The Kier molecular flexibility index (Phi) is 3.19. The van der Waals surface area contributed by atoms with Crippen molar-refractivity contribution < 1.29 is 9.90 Å². The summed E-state index contributed by atoms with van der Waals surface area (Å²) in [5, 5.41) is 16.4. The molecule has 17 heavy (non-hydrogen) atoms. The topological polar surface area (TPSA) is 67.2 Å². The Morgan fingerprint density at radius 3 is 2.71 bits per heavy atom. The molecule has 0 bridgehead atoms. The van der Waals surface area contributed by atoms with Gasteiger partial charge in [-0.15, -0.1) is 0 Å². The molecule has 2 rings (SSSR count). The molecule has 0 unspecified atom stereocenters. The number of aliphatic hydroxyl groups excluding tert-OH is 1. The molecule has 1 heterocycles. The van der Waals surface area contributed by atoms with Crippen molar-refractivity contribution in [1.82, 2.24) is 15.1 Å². The fourth-order valence-corrected chi connectivity index (χ4v) is 2.23. The smallest absolute Gasteiger partial charge is 0.242 e. The van der Waals surface area contributed by atoms with Crippen molar-refractivity contribution in [3.8, 4) is 0 Å². The van der Waals surface area contributed by atoms with E-state index in [0.717, 1.165) is 30.7 Å². The van der Waals surface area contributed by atoms with Crippen molar-refractivity contribution in [3.63, 3.8) is 0 Å². The van der Waals surface area contributed by atoms with Crippen molar-refractivity contribution in [1.29, 1.82) is 0 Å². The van der Waals surface area contributed by atoms with Crippen LogP contribution in [0.1, 0.15) is 30.7 Å². The van der Waals surface area contributed by atoms with Crippen molar-refractivity contribution in [3.05, 3.63) is 17.5 Å². The van der Waals surface area contributed by atoms with Gasteiger partial charge < -0.3 is 10.4 Å². The van der Waals surface area contributed by atoms with E-state index >= 15 is 0 Å². The van der Waals surface area contributed by atoms with E-state index in [9.17, 15) is 9.90 Å². The van der Waals surface area contributed by atoms with E-state index in [0.29, 0.717) is 0 Å². The molecule has 1 aliphatic rings. The van der Waals surface area contributed by atoms with E-state index in [1.54, 1.807) is 4.68 Å². The second-order valence-corrected chi connectivity index (χ2v) is 4.92. The second kappa shape index (κ2) is 4.49. The average Bonchev–Trinajstić information content (AvgIpc) is 2.51. The Morgan fingerprint density at radius 2 is 2.29 bits per heavy atom. The monoisotopic (exact) mass is 237 g/mol. The summed E-state index contributed by atoms with van der Waals surface area (Å²) < 4.78 is 1.69. The lowest BCUT2D eigenvalue weighted by Gasteiger charge is -2.40. The van der Waals surface area contributed by atoms with Gasteiger partial charge in [0.05, 0.1) is 17.8 Å². The zero-order valence-electron chi connectivity index (χ0n) is 10.4. The van der Waals surface area contributed by atoms with Gasteiger partial charge >= 0.3 is 0 Å². The molecule has 1 amide bonds. The van der Waals surface area contributed by atoms with Gasteiger partial charge in [-0.3, -0.25) is 9.48 Å². The average molecular weight is 237 g/mol. The Hall–Kier alpha value is -1.36. The van der Waals surface area contributed by atoms with E-state index in [1.807, 2.05) is 19.9 Å². The van der Waals surface area contributed by atoms with Crippen LogP contribution in [0.3, 0.4) is 0 Å². The van der Waals surface area contributed by atoms with E-state index in [4.69, 9.17) is 0 Å². The first-order valence-electron chi connectivity index (χ1n) is 5.98. The molecule has 1 aliphatic carbocycles. The van der Waals surface area contributed by atoms with Crippen LogP contribution in [0.5, 0.6) is 0 Å². The highest BCUT2D eigenvalue weighted by atomic mass is 16.3. The molecule has 5 nitrogen and oxygen atoms in total. The molecule has 5 heteroatoms. The molecule has 0 radical (unpaired) electrons. The summed E-state index contributed by atoms with van der Waals surface area (Å²) in [6.45, 7) is 4.08. The van der Waals surface area contributed by atoms with Crippen molar-refractivity contribution in [2.24, 2.45) is 0 Å². The molecule has 1 aromatic heterocycles. The third-order valence-electron chi connectivity index (χ3n) is 3.41. The summed E-state index contributed by atoms with van der Waals surface area (Å²) in [7, 11) is 0. The fourth-order valence-electron chi connectivity index (χ4n) is 2.23. The van der Waals surface area contributed by atoms with E-state index in [-0.39, 0.29) is 24.6 Å². The van der Waals surface area contributed by atoms with Crippen LogP contribution in [0.4, 0.5) is 0 Å². The van der Waals surface area contributed by atoms with Crippen molar-refractivity contribution in [2.75, 3.05) is 6.61 Å². The number of nitrogens with zero attached hydrogens (tertiary/aromatic N) is 2. The maximum absolute atomic E-state index is 11.9. The minimum absolute atomic E-state index is 0.0237. The first kappa shape index (κ1) is 12.1. The molecule has 0 atom stereocenters. The lowest BCUT2D eigenvalue weighted by molar-refractivity contribution is -0.125. The van der Waals surface area contributed by atoms with Gasteiger partial charge in [0.2, 0.25) is 5.91 Å². The Labute approximate surface area is 101 Å². The summed E-state index contributed by atoms with van der Waals surface area (Å²) in [4.78, 5) is 11.9. The van der Waals surface area contributed by atoms with Crippen LogP contribution in [0.2, 0.25) is 0 Å². The molecule has 0 aromatic carbocycles. The zero-order chi connectivity index (χ0) is 12.5. The molecular weight excluding hydrogens is 218 g/mol. The number of hydrogen-bond acceptors (Lipinski definition) is 3. The minimum Gasteiger partial charge on any atom is -0.394 e. The van der Waals surface area contributed by atoms with Crippen LogP contribution >= 0.6 is 0 Å². The number of nitrogens with one attached hydrogen (secondary N) is 1. The largest absolute Gasteiger partial charge is 0.394 e. The normalized spacial score (nSPS) is 17.6. The molecule has 1 saturated carbocycles. The predicted molar refractivity (Wildman–Crippen MR) is 63.5 cm³/mol. The lowest BCUT2D eigenvalue weighted by Crippen LogP contribution is -2.56. The SMILES string of the molecule is Cc1cc(C)n(CC(=O)NC2(CO)CCC2)n1. The van der Waals surface area contributed by atoms with Crippen LogP contribution in [0, 0.1) is 13.8 Å². The maximum Gasteiger partial charge on any atom is 0.242 e. The number of aryl methyl sites for hydroxylation is 2. The molecule has 94 valence electrons. The summed E-state index contributed by atoms with van der Waals surface area (Å²) in [6, 6.07) is 1.94. The third kappa shape index (κ3) is 2.49. The standard InChI is InChI=1S/C12H19N3O2/c1-9-6-10(2)15(14-9)7-11(17)13-12(8-16)4-3-5-12/h6,16H,3-5,7-8H2,1-2H3,(H,13,17). The lowest BCUT2D eigenvalue weighted by atomic mass is 9.77. The number of carbonyl (C=O) groups is 1. The first-order valence-corrected chi connectivity index (χ1v) is 5.98. The van der Waals surface area contributed by atoms with Gasteiger partial charge in [-0.2, -0.15) is 5.10 Å². The van der Waals surface area contributed by atoms with Gasteiger partial charge in [0, 0.05) is 5.69 Å². The van der Waals surface area contributed by atoms with Gasteiger partial charge in [0.15, 0.2) is 0 Å². The van der Waals surface area contributed by atoms with Crippen LogP contribution < -0.4 is 5.32 Å². The predicted octanol–water partition coefficient (Wildman–Crippen LogP) is 0.531. The summed E-state index contributed by atoms with van der Waals surface area (Å²) >= 11 is 0. The highest BCUT2D eigenvalue weighted by molar-refractivity contribution is 5.76. The highest BCUT2D eigenvalue weighted by Gasteiger charge is 2.37. The number of aromatic nitrogens is 2. The zero-order valence-corrected chi connectivity index (χ0v) is 10.4. The van der Waals surface area contributed by atoms with Gasteiger partial charge in [0.1, 0.15) is 6.54 Å². The van der Waals surface area contributed by atoms with Crippen LogP contribution in [-0.4, -0.2) is 32.9 Å². The van der Waals surface area contributed by atoms with Gasteiger partial charge in [-0.25, -0.2) is 0 Å². The third-order valence-corrected chi connectivity index (χ3v) is 3.41. The summed E-state index contributed by atoms with van der Waals surface area (Å²) in [6.07, 6.45) is 2.81. The van der Waals surface area contributed by atoms with Gasteiger partial charge in [-0.1, -0.05) is 0 Å². The number of aliphatic hydroxyl groups is 1. The van der Waals surface area contributed by atoms with E-state index < -0.39 is 0 Å². The summed E-state index contributed by atoms with van der Waals surface area (Å²) in [5.41, 5.74) is 1.52. The molecule has 1 aromatic rings.